The summed E-state index contributed by atoms with van der Waals surface area (Å²) in [7, 11) is 0. The van der Waals surface area contributed by atoms with Crippen molar-refractivity contribution in [2.24, 2.45) is 5.92 Å². The lowest BCUT2D eigenvalue weighted by Gasteiger charge is -2.13. The minimum atomic E-state index is 0.716. The van der Waals surface area contributed by atoms with E-state index in [4.69, 9.17) is 4.74 Å². The number of benzene rings is 2. The predicted molar refractivity (Wildman–Crippen MR) is 110 cm³/mol. The van der Waals surface area contributed by atoms with Crippen molar-refractivity contribution in [3.8, 4) is 5.75 Å². The second kappa shape index (κ2) is 8.85. The summed E-state index contributed by atoms with van der Waals surface area (Å²) in [5, 5.41) is 4.51. The van der Waals surface area contributed by atoms with Crippen LogP contribution in [0.5, 0.6) is 5.75 Å². The van der Waals surface area contributed by atoms with Crippen LogP contribution in [0.15, 0.2) is 54.9 Å². The van der Waals surface area contributed by atoms with Crippen LogP contribution in [0, 0.1) is 5.92 Å². The fraction of sp³-hybridized carbons (Fsp3) is 0.391. The van der Waals surface area contributed by atoms with Crippen LogP contribution in [-0.2, 0) is 6.42 Å². The molecule has 4 heteroatoms. The number of aryl methyl sites for hydroxylation is 1. The van der Waals surface area contributed by atoms with Gasteiger partial charge in [0.15, 0.2) is 0 Å². The molecule has 0 saturated heterocycles. The Morgan fingerprint density at radius 2 is 1.85 bits per heavy atom. The molecule has 1 fully saturated rings. The molecule has 2 aromatic carbocycles. The monoisotopic (exact) mass is 361 g/mol. The van der Waals surface area contributed by atoms with Gasteiger partial charge in [0.2, 0.25) is 0 Å². The zero-order valence-corrected chi connectivity index (χ0v) is 15.7. The molecule has 1 N–H and O–H groups in total. The summed E-state index contributed by atoms with van der Waals surface area (Å²) < 4.78 is 6.00. The largest absolute Gasteiger partial charge is 0.493 e. The molecule has 1 saturated carbocycles. The average Bonchev–Trinajstić information content (AvgIpc) is 3.24. The molecule has 140 valence electrons. The standard InChI is InChI=1S/C23H27N3O/c1-2-7-18(8-3-1)11-6-14-24-23-21-13-12-20(15-22(21)25-17-26-23)27-16-19-9-4-5-10-19/h1-3,7-8,12-13,15,17,19H,4-6,9-11,14,16H2,(H,24,25,26). The normalized spacial score (nSPS) is 14.5. The zero-order chi connectivity index (χ0) is 18.3. The number of hydrogen-bond acceptors (Lipinski definition) is 4. The van der Waals surface area contributed by atoms with Crippen LogP contribution in [0.3, 0.4) is 0 Å². The Bertz CT molecular complexity index is 860. The van der Waals surface area contributed by atoms with E-state index >= 15 is 0 Å². The van der Waals surface area contributed by atoms with Crippen LogP contribution in [0.2, 0.25) is 0 Å². The molecule has 27 heavy (non-hydrogen) atoms. The molecule has 0 atom stereocenters. The third kappa shape index (κ3) is 4.76. The lowest BCUT2D eigenvalue weighted by molar-refractivity contribution is 0.252. The Balaban J connectivity index is 1.35. The van der Waals surface area contributed by atoms with Gasteiger partial charge in [0.05, 0.1) is 12.1 Å². The van der Waals surface area contributed by atoms with E-state index in [9.17, 15) is 0 Å². The molecule has 0 amide bonds. The van der Waals surface area contributed by atoms with E-state index in [1.54, 1.807) is 6.33 Å². The number of hydrogen-bond donors (Lipinski definition) is 1. The van der Waals surface area contributed by atoms with E-state index in [1.807, 2.05) is 12.1 Å². The molecule has 1 aliphatic rings. The topological polar surface area (TPSA) is 47.0 Å². The maximum Gasteiger partial charge on any atom is 0.137 e. The Kier molecular flexibility index (Phi) is 5.83. The minimum absolute atomic E-state index is 0.716. The summed E-state index contributed by atoms with van der Waals surface area (Å²) in [5.74, 6) is 2.52. The molecule has 0 spiro atoms. The molecule has 0 aliphatic heterocycles. The van der Waals surface area contributed by atoms with Crippen molar-refractivity contribution in [2.45, 2.75) is 38.5 Å². The molecule has 0 radical (unpaired) electrons. The van der Waals surface area contributed by atoms with Gasteiger partial charge in [-0.15, -0.1) is 0 Å². The van der Waals surface area contributed by atoms with Gasteiger partial charge < -0.3 is 10.1 Å². The number of nitrogens with zero attached hydrogens (tertiary/aromatic N) is 2. The number of aromatic nitrogens is 2. The number of rotatable bonds is 8. The molecule has 0 bridgehead atoms. The van der Waals surface area contributed by atoms with E-state index in [0.717, 1.165) is 48.5 Å². The SMILES string of the molecule is c1ccc(CCCNc2ncnc3cc(OCC4CCCC4)ccc23)cc1. The second-order valence-electron chi connectivity index (χ2n) is 7.38. The Labute approximate surface area is 161 Å². The summed E-state index contributed by atoms with van der Waals surface area (Å²) in [6.07, 6.45) is 9.05. The van der Waals surface area contributed by atoms with Crippen LogP contribution in [0.1, 0.15) is 37.7 Å². The van der Waals surface area contributed by atoms with Gasteiger partial charge in [-0.25, -0.2) is 9.97 Å². The van der Waals surface area contributed by atoms with Crippen LogP contribution >= 0.6 is 0 Å². The van der Waals surface area contributed by atoms with Crippen molar-refractivity contribution in [1.29, 1.82) is 0 Å². The van der Waals surface area contributed by atoms with E-state index in [0.29, 0.717) is 5.92 Å². The summed E-state index contributed by atoms with van der Waals surface area (Å²) in [5.41, 5.74) is 2.30. The van der Waals surface area contributed by atoms with Crippen LogP contribution in [0.25, 0.3) is 10.9 Å². The molecular weight excluding hydrogens is 334 g/mol. The fourth-order valence-corrected chi connectivity index (χ4v) is 3.80. The van der Waals surface area contributed by atoms with E-state index in [1.165, 1.54) is 31.2 Å². The molecular formula is C23H27N3O. The average molecular weight is 361 g/mol. The Morgan fingerprint density at radius 1 is 1.00 bits per heavy atom. The van der Waals surface area contributed by atoms with Crippen molar-refractivity contribution < 1.29 is 4.74 Å². The Hall–Kier alpha value is -2.62. The van der Waals surface area contributed by atoms with Gasteiger partial charge >= 0.3 is 0 Å². The van der Waals surface area contributed by atoms with Crippen LogP contribution in [-0.4, -0.2) is 23.1 Å². The van der Waals surface area contributed by atoms with Gasteiger partial charge in [-0.1, -0.05) is 43.2 Å². The first-order valence-corrected chi connectivity index (χ1v) is 10.0. The van der Waals surface area contributed by atoms with Crippen molar-refractivity contribution >= 4 is 16.7 Å². The van der Waals surface area contributed by atoms with Gasteiger partial charge in [-0.3, -0.25) is 0 Å². The molecule has 3 aromatic rings. The minimum Gasteiger partial charge on any atom is -0.493 e. The number of anilines is 1. The Morgan fingerprint density at radius 3 is 2.70 bits per heavy atom. The summed E-state index contributed by atoms with van der Waals surface area (Å²) in [6, 6.07) is 16.7. The van der Waals surface area contributed by atoms with Crippen molar-refractivity contribution in [3.63, 3.8) is 0 Å². The molecule has 4 rings (SSSR count). The highest BCUT2D eigenvalue weighted by Gasteiger charge is 2.15. The van der Waals surface area contributed by atoms with Crippen molar-refractivity contribution in [3.05, 3.63) is 60.4 Å². The number of fused-ring (bicyclic) bond motifs is 1. The van der Waals surface area contributed by atoms with Gasteiger partial charge in [-0.2, -0.15) is 0 Å². The lowest BCUT2D eigenvalue weighted by Crippen LogP contribution is -2.08. The van der Waals surface area contributed by atoms with Crippen LogP contribution in [0.4, 0.5) is 5.82 Å². The fourth-order valence-electron chi connectivity index (χ4n) is 3.80. The van der Waals surface area contributed by atoms with E-state index in [2.05, 4.69) is 51.7 Å². The first kappa shape index (κ1) is 17.8. The highest BCUT2D eigenvalue weighted by molar-refractivity contribution is 5.89. The van der Waals surface area contributed by atoms with Gasteiger partial charge in [-0.05, 0) is 49.3 Å². The van der Waals surface area contributed by atoms with Crippen molar-refractivity contribution in [2.75, 3.05) is 18.5 Å². The highest BCUT2D eigenvalue weighted by Crippen LogP contribution is 2.27. The molecule has 1 aliphatic carbocycles. The zero-order valence-electron chi connectivity index (χ0n) is 15.7. The quantitative estimate of drug-likeness (QED) is 0.557. The van der Waals surface area contributed by atoms with Gasteiger partial charge in [0.1, 0.15) is 17.9 Å². The number of ether oxygens (including phenoxy) is 1. The third-order valence-corrected chi connectivity index (χ3v) is 5.35. The van der Waals surface area contributed by atoms with Crippen LogP contribution < -0.4 is 10.1 Å². The maximum atomic E-state index is 6.00. The number of nitrogens with one attached hydrogen (secondary N) is 1. The first-order valence-electron chi connectivity index (χ1n) is 10.0. The third-order valence-electron chi connectivity index (χ3n) is 5.35. The maximum absolute atomic E-state index is 6.00. The summed E-state index contributed by atoms with van der Waals surface area (Å²) >= 11 is 0. The highest BCUT2D eigenvalue weighted by atomic mass is 16.5. The van der Waals surface area contributed by atoms with Gasteiger partial charge in [0, 0.05) is 18.0 Å². The first-order chi connectivity index (χ1) is 13.4. The predicted octanol–water partition coefficient (Wildman–Crippen LogP) is 5.24. The summed E-state index contributed by atoms with van der Waals surface area (Å²) in [6.45, 7) is 1.71. The second-order valence-corrected chi connectivity index (χ2v) is 7.38. The van der Waals surface area contributed by atoms with E-state index < -0.39 is 0 Å². The lowest BCUT2D eigenvalue weighted by atomic mass is 10.1. The molecule has 1 heterocycles. The van der Waals surface area contributed by atoms with Gasteiger partial charge in [0.25, 0.3) is 0 Å². The van der Waals surface area contributed by atoms with Crippen molar-refractivity contribution in [1.82, 2.24) is 9.97 Å². The molecule has 4 nitrogen and oxygen atoms in total. The summed E-state index contributed by atoms with van der Waals surface area (Å²) in [4.78, 5) is 8.85. The van der Waals surface area contributed by atoms with E-state index in [-0.39, 0.29) is 0 Å². The smallest absolute Gasteiger partial charge is 0.137 e. The molecule has 1 aromatic heterocycles. The molecule has 0 unspecified atom stereocenters.